The van der Waals surface area contributed by atoms with E-state index in [1.165, 1.54) is 0 Å². The first kappa shape index (κ1) is 11.0. The van der Waals surface area contributed by atoms with Gasteiger partial charge in [0.15, 0.2) is 0 Å². The summed E-state index contributed by atoms with van der Waals surface area (Å²) in [7, 11) is 0. The van der Waals surface area contributed by atoms with Gasteiger partial charge in [0.2, 0.25) is 0 Å². The van der Waals surface area contributed by atoms with E-state index < -0.39 is 0 Å². The monoisotopic (exact) mass is 195 g/mol. The van der Waals surface area contributed by atoms with Gasteiger partial charge < -0.3 is 15.6 Å². The maximum absolute atomic E-state index is 8.64. The van der Waals surface area contributed by atoms with Crippen molar-refractivity contribution in [2.24, 2.45) is 5.73 Å². The second-order valence-electron chi connectivity index (χ2n) is 3.19. The summed E-state index contributed by atoms with van der Waals surface area (Å²) in [5, 5.41) is 8.64. The van der Waals surface area contributed by atoms with Crippen molar-refractivity contribution in [3.63, 3.8) is 0 Å². The van der Waals surface area contributed by atoms with Crippen LogP contribution in [0.3, 0.4) is 0 Å². The molecule has 0 aliphatic heterocycles. The third-order valence-electron chi connectivity index (χ3n) is 2.06. The Morgan fingerprint density at radius 3 is 2.86 bits per heavy atom. The molecule has 0 fully saturated rings. The highest BCUT2D eigenvalue weighted by Gasteiger charge is 2.04. The molecule has 3 N–H and O–H groups in total. The van der Waals surface area contributed by atoms with Crippen LogP contribution in [-0.4, -0.2) is 18.3 Å². The van der Waals surface area contributed by atoms with Crippen LogP contribution < -0.4 is 10.5 Å². The lowest BCUT2D eigenvalue weighted by Crippen LogP contribution is -2.06. The number of aliphatic hydroxyl groups excluding tert-OH is 1. The molecule has 0 bridgehead atoms. The lowest BCUT2D eigenvalue weighted by molar-refractivity contribution is 0.232. The Morgan fingerprint density at radius 1 is 1.43 bits per heavy atom. The molecule has 78 valence electrons. The Morgan fingerprint density at radius 2 is 2.21 bits per heavy atom. The van der Waals surface area contributed by atoms with E-state index in [9.17, 15) is 0 Å². The molecule has 0 spiro atoms. The first-order chi connectivity index (χ1) is 6.79. The maximum atomic E-state index is 8.64. The van der Waals surface area contributed by atoms with Crippen LogP contribution in [-0.2, 0) is 6.54 Å². The second kappa shape index (κ2) is 5.62. The molecular weight excluding hydrogens is 178 g/mol. The van der Waals surface area contributed by atoms with E-state index in [0.29, 0.717) is 19.6 Å². The van der Waals surface area contributed by atoms with Crippen molar-refractivity contribution < 1.29 is 9.84 Å². The number of nitrogens with two attached hydrogens (primary N) is 1. The van der Waals surface area contributed by atoms with Crippen molar-refractivity contribution in [1.29, 1.82) is 0 Å². The molecule has 0 atom stereocenters. The molecule has 0 amide bonds. The van der Waals surface area contributed by atoms with E-state index in [2.05, 4.69) is 0 Å². The fourth-order valence-electron chi connectivity index (χ4n) is 1.32. The number of para-hydroxylation sites is 1. The molecule has 1 aromatic rings. The van der Waals surface area contributed by atoms with E-state index in [1.807, 2.05) is 25.1 Å². The highest BCUT2D eigenvalue weighted by atomic mass is 16.5. The fraction of sp³-hybridized carbons (Fsp3) is 0.455. The van der Waals surface area contributed by atoms with Crippen LogP contribution >= 0.6 is 0 Å². The molecule has 1 rings (SSSR count). The van der Waals surface area contributed by atoms with Crippen LogP contribution in [0.1, 0.15) is 17.5 Å². The number of hydrogen-bond donors (Lipinski definition) is 2. The number of hydrogen-bond acceptors (Lipinski definition) is 3. The summed E-state index contributed by atoms with van der Waals surface area (Å²) in [6.07, 6.45) is 0.651. The summed E-state index contributed by atoms with van der Waals surface area (Å²) in [5.41, 5.74) is 7.70. The van der Waals surface area contributed by atoms with Gasteiger partial charge in [0.05, 0.1) is 6.61 Å². The average Bonchev–Trinajstić information content (AvgIpc) is 2.20. The highest BCUT2D eigenvalue weighted by molar-refractivity contribution is 5.40. The SMILES string of the molecule is Cc1cccc(CN)c1OCCCO. The molecule has 0 radical (unpaired) electrons. The molecule has 0 saturated carbocycles. The third-order valence-corrected chi connectivity index (χ3v) is 2.06. The van der Waals surface area contributed by atoms with Crippen molar-refractivity contribution in [3.8, 4) is 5.75 Å². The van der Waals surface area contributed by atoms with Crippen LogP contribution in [0.25, 0.3) is 0 Å². The normalized spacial score (nSPS) is 10.2. The van der Waals surface area contributed by atoms with E-state index in [0.717, 1.165) is 16.9 Å². The van der Waals surface area contributed by atoms with E-state index in [1.54, 1.807) is 0 Å². The summed E-state index contributed by atoms with van der Waals surface area (Å²) < 4.78 is 5.56. The zero-order valence-electron chi connectivity index (χ0n) is 8.49. The summed E-state index contributed by atoms with van der Waals surface area (Å²) in [6, 6.07) is 5.92. The smallest absolute Gasteiger partial charge is 0.126 e. The van der Waals surface area contributed by atoms with Gasteiger partial charge in [-0.3, -0.25) is 0 Å². The Hall–Kier alpha value is -1.06. The van der Waals surface area contributed by atoms with Crippen molar-refractivity contribution in [3.05, 3.63) is 29.3 Å². The van der Waals surface area contributed by atoms with Crippen LogP contribution in [0, 0.1) is 6.92 Å². The maximum Gasteiger partial charge on any atom is 0.126 e. The second-order valence-corrected chi connectivity index (χ2v) is 3.19. The lowest BCUT2D eigenvalue weighted by Gasteiger charge is -2.12. The summed E-state index contributed by atoms with van der Waals surface area (Å²) in [5.74, 6) is 0.864. The molecule has 0 heterocycles. The zero-order chi connectivity index (χ0) is 10.4. The molecule has 3 heteroatoms. The van der Waals surface area contributed by atoms with Crippen LogP contribution in [0.4, 0.5) is 0 Å². The van der Waals surface area contributed by atoms with E-state index in [-0.39, 0.29) is 6.61 Å². The minimum Gasteiger partial charge on any atom is -0.493 e. The van der Waals surface area contributed by atoms with Gasteiger partial charge in [0, 0.05) is 25.1 Å². The first-order valence-corrected chi connectivity index (χ1v) is 4.81. The minimum absolute atomic E-state index is 0.157. The van der Waals surface area contributed by atoms with Crippen molar-refractivity contribution >= 4 is 0 Å². The predicted octanol–water partition coefficient (Wildman–Crippen LogP) is 1.21. The molecule has 0 aromatic heterocycles. The largest absolute Gasteiger partial charge is 0.493 e. The van der Waals surface area contributed by atoms with Crippen molar-refractivity contribution in [2.45, 2.75) is 19.9 Å². The molecule has 0 aliphatic rings. The average molecular weight is 195 g/mol. The number of rotatable bonds is 5. The van der Waals surface area contributed by atoms with Crippen molar-refractivity contribution in [2.75, 3.05) is 13.2 Å². The summed E-state index contributed by atoms with van der Waals surface area (Å²) >= 11 is 0. The van der Waals surface area contributed by atoms with Gasteiger partial charge in [0.25, 0.3) is 0 Å². The molecule has 3 nitrogen and oxygen atoms in total. The zero-order valence-corrected chi connectivity index (χ0v) is 8.49. The van der Waals surface area contributed by atoms with Crippen molar-refractivity contribution in [1.82, 2.24) is 0 Å². The topological polar surface area (TPSA) is 55.5 Å². The quantitative estimate of drug-likeness (QED) is 0.694. The molecule has 14 heavy (non-hydrogen) atoms. The highest BCUT2D eigenvalue weighted by Crippen LogP contribution is 2.22. The summed E-state index contributed by atoms with van der Waals surface area (Å²) in [6.45, 7) is 3.17. The first-order valence-electron chi connectivity index (χ1n) is 4.81. The molecule has 0 aliphatic carbocycles. The minimum atomic E-state index is 0.157. The van der Waals surface area contributed by atoms with Gasteiger partial charge in [0.1, 0.15) is 5.75 Å². The number of aliphatic hydroxyl groups is 1. The number of ether oxygens (including phenoxy) is 1. The molecule has 1 aromatic carbocycles. The van der Waals surface area contributed by atoms with Crippen LogP contribution in [0.5, 0.6) is 5.75 Å². The van der Waals surface area contributed by atoms with Gasteiger partial charge in [-0.2, -0.15) is 0 Å². The Kier molecular flexibility index (Phi) is 4.43. The summed E-state index contributed by atoms with van der Waals surface area (Å²) in [4.78, 5) is 0. The Bertz CT molecular complexity index is 287. The number of aryl methyl sites for hydroxylation is 1. The standard InChI is InChI=1S/C11H17NO2/c1-9-4-2-5-10(8-12)11(9)14-7-3-6-13/h2,4-5,13H,3,6-8,12H2,1H3. The number of benzene rings is 1. The van der Waals surface area contributed by atoms with Gasteiger partial charge in [-0.05, 0) is 12.5 Å². The van der Waals surface area contributed by atoms with E-state index >= 15 is 0 Å². The van der Waals surface area contributed by atoms with Gasteiger partial charge in [-0.15, -0.1) is 0 Å². The van der Waals surface area contributed by atoms with Gasteiger partial charge in [-0.25, -0.2) is 0 Å². The van der Waals surface area contributed by atoms with Gasteiger partial charge >= 0.3 is 0 Å². The van der Waals surface area contributed by atoms with Gasteiger partial charge in [-0.1, -0.05) is 18.2 Å². The van der Waals surface area contributed by atoms with E-state index in [4.69, 9.17) is 15.6 Å². The molecule has 0 unspecified atom stereocenters. The predicted molar refractivity (Wildman–Crippen MR) is 56.3 cm³/mol. The lowest BCUT2D eigenvalue weighted by atomic mass is 10.1. The molecule has 0 saturated heterocycles. The Labute approximate surface area is 84.5 Å². The third kappa shape index (κ3) is 2.72. The fourth-order valence-corrected chi connectivity index (χ4v) is 1.32. The Balaban J connectivity index is 2.72. The van der Waals surface area contributed by atoms with Crippen LogP contribution in [0.2, 0.25) is 0 Å². The van der Waals surface area contributed by atoms with Crippen LogP contribution in [0.15, 0.2) is 18.2 Å². The molecular formula is C11H17NO2.